The number of ether oxygens (including phenoxy) is 1. The average Bonchev–Trinajstić information content (AvgIpc) is 3.40. The molecule has 1 heterocycles. The van der Waals surface area contributed by atoms with E-state index in [1.165, 1.54) is 12.8 Å². The Morgan fingerprint density at radius 1 is 1.23 bits per heavy atom. The van der Waals surface area contributed by atoms with Gasteiger partial charge in [-0.2, -0.15) is 0 Å². The molecule has 0 atom stereocenters. The molecule has 1 N–H and O–H groups in total. The number of rotatable bonds is 5. The third-order valence-electron chi connectivity index (χ3n) is 4.53. The molecule has 5 heteroatoms. The largest absolute Gasteiger partial charge is 0.496 e. The summed E-state index contributed by atoms with van der Waals surface area (Å²) in [6.45, 7) is 4.37. The van der Waals surface area contributed by atoms with Crippen molar-refractivity contribution in [2.75, 3.05) is 39.8 Å². The van der Waals surface area contributed by atoms with E-state index in [-0.39, 0.29) is 6.03 Å². The summed E-state index contributed by atoms with van der Waals surface area (Å²) in [5.41, 5.74) is 1.13. The molecule has 1 saturated carbocycles. The van der Waals surface area contributed by atoms with E-state index < -0.39 is 0 Å². The van der Waals surface area contributed by atoms with Crippen LogP contribution in [0, 0.1) is 0 Å². The minimum atomic E-state index is 0.0605. The molecule has 1 aliphatic carbocycles. The highest BCUT2D eigenvalue weighted by Gasteiger charge is 2.32. The minimum absolute atomic E-state index is 0.0605. The number of para-hydroxylation sites is 1. The van der Waals surface area contributed by atoms with Crippen LogP contribution in [-0.2, 0) is 6.42 Å². The summed E-state index contributed by atoms with van der Waals surface area (Å²) >= 11 is 0. The summed E-state index contributed by atoms with van der Waals surface area (Å²) in [4.78, 5) is 16.6. The maximum Gasteiger partial charge on any atom is 0.317 e. The first kappa shape index (κ1) is 15.2. The Labute approximate surface area is 132 Å². The highest BCUT2D eigenvalue weighted by Crippen LogP contribution is 2.27. The molecule has 1 aliphatic heterocycles. The Hall–Kier alpha value is -1.75. The van der Waals surface area contributed by atoms with Gasteiger partial charge in [-0.25, -0.2) is 4.79 Å². The van der Waals surface area contributed by atoms with Crippen molar-refractivity contribution in [3.05, 3.63) is 29.8 Å². The van der Waals surface area contributed by atoms with Gasteiger partial charge in [-0.1, -0.05) is 18.2 Å². The van der Waals surface area contributed by atoms with Crippen molar-refractivity contribution in [1.29, 1.82) is 0 Å². The number of benzene rings is 1. The van der Waals surface area contributed by atoms with Gasteiger partial charge in [0.25, 0.3) is 0 Å². The number of hydrogen-bond acceptors (Lipinski definition) is 3. The van der Waals surface area contributed by atoms with Crippen molar-refractivity contribution in [2.45, 2.75) is 25.3 Å². The van der Waals surface area contributed by atoms with Crippen molar-refractivity contribution in [3.63, 3.8) is 0 Å². The van der Waals surface area contributed by atoms with Crippen molar-refractivity contribution in [1.82, 2.24) is 15.1 Å². The number of piperazine rings is 1. The fourth-order valence-electron chi connectivity index (χ4n) is 3.06. The molecule has 0 bridgehead atoms. The monoisotopic (exact) mass is 303 g/mol. The molecular weight excluding hydrogens is 278 g/mol. The lowest BCUT2D eigenvalue weighted by molar-refractivity contribution is 0.135. The number of carbonyl (C=O) groups excluding carboxylic acids is 1. The summed E-state index contributed by atoms with van der Waals surface area (Å²) in [5, 5.41) is 3.02. The Bertz CT molecular complexity index is 508. The second-order valence-electron chi connectivity index (χ2n) is 6.05. The van der Waals surface area contributed by atoms with E-state index in [9.17, 15) is 4.79 Å². The molecule has 2 amide bonds. The molecule has 22 heavy (non-hydrogen) atoms. The summed E-state index contributed by atoms with van der Waals surface area (Å²) in [7, 11) is 1.68. The van der Waals surface area contributed by atoms with Crippen LogP contribution in [0.4, 0.5) is 4.79 Å². The van der Waals surface area contributed by atoms with Crippen molar-refractivity contribution >= 4 is 6.03 Å². The van der Waals surface area contributed by atoms with Crippen molar-refractivity contribution < 1.29 is 9.53 Å². The number of amides is 2. The third-order valence-corrected chi connectivity index (χ3v) is 4.53. The molecule has 2 fully saturated rings. The van der Waals surface area contributed by atoms with Crippen LogP contribution in [0.3, 0.4) is 0 Å². The molecule has 0 radical (unpaired) electrons. The maximum absolute atomic E-state index is 12.2. The molecule has 1 aromatic carbocycles. The average molecular weight is 303 g/mol. The van der Waals surface area contributed by atoms with Crippen LogP contribution in [0.25, 0.3) is 0 Å². The predicted octanol–water partition coefficient (Wildman–Crippen LogP) is 1.73. The number of nitrogens with one attached hydrogen (secondary N) is 1. The van der Waals surface area contributed by atoms with Gasteiger partial charge in [-0.05, 0) is 30.9 Å². The zero-order chi connectivity index (χ0) is 15.4. The van der Waals surface area contributed by atoms with Gasteiger partial charge in [0, 0.05) is 38.8 Å². The lowest BCUT2D eigenvalue weighted by Gasteiger charge is -2.34. The van der Waals surface area contributed by atoms with Gasteiger partial charge in [0.2, 0.25) is 0 Å². The van der Waals surface area contributed by atoms with Crippen LogP contribution in [0.1, 0.15) is 18.4 Å². The number of urea groups is 1. The van der Waals surface area contributed by atoms with Crippen molar-refractivity contribution in [3.8, 4) is 5.75 Å². The zero-order valence-corrected chi connectivity index (χ0v) is 13.3. The van der Waals surface area contributed by atoms with Gasteiger partial charge in [-0.3, -0.25) is 4.90 Å². The molecule has 1 aromatic rings. The van der Waals surface area contributed by atoms with Crippen LogP contribution in [0.5, 0.6) is 5.75 Å². The van der Waals surface area contributed by atoms with Crippen LogP contribution < -0.4 is 10.1 Å². The standard InChI is InChI=1S/C17H25N3O2/c1-22-16-5-3-2-4-14(16)8-9-18-17(21)20-12-10-19(11-13-20)15-6-7-15/h2-5,15H,6-13H2,1H3,(H,18,21). The van der Waals surface area contributed by atoms with Gasteiger partial charge in [-0.15, -0.1) is 0 Å². The highest BCUT2D eigenvalue weighted by molar-refractivity contribution is 5.74. The second-order valence-corrected chi connectivity index (χ2v) is 6.05. The Kier molecular flexibility index (Phi) is 4.83. The molecule has 0 aromatic heterocycles. The van der Waals surface area contributed by atoms with E-state index in [4.69, 9.17) is 4.74 Å². The van der Waals surface area contributed by atoms with Crippen LogP contribution in [-0.4, -0.2) is 61.7 Å². The number of methoxy groups -OCH3 is 1. The molecule has 0 unspecified atom stereocenters. The molecule has 5 nitrogen and oxygen atoms in total. The van der Waals surface area contributed by atoms with Crippen LogP contribution >= 0.6 is 0 Å². The van der Waals surface area contributed by atoms with Crippen molar-refractivity contribution in [2.24, 2.45) is 0 Å². The first-order valence-electron chi connectivity index (χ1n) is 8.16. The van der Waals surface area contributed by atoms with Gasteiger partial charge in [0.15, 0.2) is 0 Å². The highest BCUT2D eigenvalue weighted by atomic mass is 16.5. The Morgan fingerprint density at radius 2 is 1.95 bits per heavy atom. The van der Waals surface area contributed by atoms with Gasteiger partial charge in [0.05, 0.1) is 7.11 Å². The van der Waals surface area contributed by atoms with Crippen LogP contribution in [0.2, 0.25) is 0 Å². The number of hydrogen-bond donors (Lipinski definition) is 1. The minimum Gasteiger partial charge on any atom is -0.496 e. The second kappa shape index (κ2) is 7.01. The fourth-order valence-corrected chi connectivity index (χ4v) is 3.06. The normalized spacial score (nSPS) is 19.0. The van der Waals surface area contributed by atoms with E-state index in [2.05, 4.69) is 10.2 Å². The van der Waals surface area contributed by atoms with E-state index >= 15 is 0 Å². The number of nitrogens with zero attached hydrogens (tertiary/aromatic N) is 2. The quantitative estimate of drug-likeness (QED) is 0.901. The first-order valence-corrected chi connectivity index (χ1v) is 8.16. The Morgan fingerprint density at radius 3 is 2.64 bits per heavy atom. The van der Waals surface area contributed by atoms with E-state index in [1.807, 2.05) is 29.2 Å². The van der Waals surface area contributed by atoms with E-state index in [0.717, 1.165) is 50.0 Å². The molecule has 0 spiro atoms. The molecular formula is C17H25N3O2. The topological polar surface area (TPSA) is 44.8 Å². The Balaban J connectivity index is 1.40. The zero-order valence-electron chi connectivity index (χ0n) is 13.3. The molecule has 2 aliphatic rings. The SMILES string of the molecule is COc1ccccc1CCNC(=O)N1CCN(C2CC2)CC1. The first-order chi connectivity index (χ1) is 10.8. The molecule has 1 saturated heterocycles. The smallest absolute Gasteiger partial charge is 0.317 e. The number of carbonyl (C=O) groups is 1. The maximum atomic E-state index is 12.2. The third kappa shape index (κ3) is 3.71. The summed E-state index contributed by atoms with van der Waals surface area (Å²) in [6.07, 6.45) is 3.47. The van der Waals surface area contributed by atoms with Gasteiger partial charge < -0.3 is 15.0 Å². The van der Waals surface area contributed by atoms with Gasteiger partial charge >= 0.3 is 6.03 Å². The molecule has 120 valence electrons. The summed E-state index contributed by atoms with van der Waals surface area (Å²) < 4.78 is 5.33. The summed E-state index contributed by atoms with van der Waals surface area (Å²) in [6, 6.07) is 8.81. The molecule has 3 rings (SSSR count). The summed E-state index contributed by atoms with van der Waals surface area (Å²) in [5.74, 6) is 0.884. The lowest BCUT2D eigenvalue weighted by atomic mass is 10.1. The lowest BCUT2D eigenvalue weighted by Crippen LogP contribution is -2.52. The predicted molar refractivity (Wildman–Crippen MR) is 86.3 cm³/mol. The van der Waals surface area contributed by atoms with E-state index in [1.54, 1.807) is 7.11 Å². The van der Waals surface area contributed by atoms with Crippen LogP contribution in [0.15, 0.2) is 24.3 Å². The van der Waals surface area contributed by atoms with E-state index in [0.29, 0.717) is 6.54 Å². The fraction of sp³-hybridized carbons (Fsp3) is 0.588. The van der Waals surface area contributed by atoms with Gasteiger partial charge in [0.1, 0.15) is 5.75 Å².